The number of para-hydroxylation sites is 5. The van der Waals surface area contributed by atoms with Gasteiger partial charge in [-0.3, -0.25) is 4.57 Å². The largest absolute Gasteiger partial charge is 0.456 e. The van der Waals surface area contributed by atoms with Crippen LogP contribution in [0.5, 0.6) is 11.5 Å². The Kier molecular flexibility index (Phi) is 5.80. The van der Waals surface area contributed by atoms with Crippen molar-refractivity contribution < 1.29 is 4.74 Å². The smallest absolute Gasteiger partial charge is 0.235 e. The van der Waals surface area contributed by atoms with Gasteiger partial charge >= 0.3 is 0 Å². The monoisotopic (exact) mass is 715 g/mol. The first-order chi connectivity index (χ1) is 27.8. The molecular weight excluding hydrogens is 687 g/mol. The van der Waals surface area contributed by atoms with Gasteiger partial charge in [0.1, 0.15) is 11.5 Å². The lowest BCUT2D eigenvalue weighted by Crippen LogP contribution is -2.06. The molecule has 0 amide bonds. The molecule has 0 bridgehead atoms. The van der Waals surface area contributed by atoms with Crippen LogP contribution >= 0.6 is 0 Å². The third-order valence-corrected chi connectivity index (χ3v) is 11.6. The summed E-state index contributed by atoms with van der Waals surface area (Å²) in [5.74, 6) is 2.19. The highest BCUT2D eigenvalue weighted by Crippen LogP contribution is 2.49. The number of rotatable bonds is 3. The van der Waals surface area contributed by atoms with Crippen molar-refractivity contribution in [2.75, 3.05) is 0 Å². The zero-order valence-electron chi connectivity index (χ0n) is 29.9. The molecule has 1 aliphatic heterocycles. The van der Waals surface area contributed by atoms with Crippen molar-refractivity contribution in [3.05, 3.63) is 176 Å². The van der Waals surface area contributed by atoms with Crippen LogP contribution in [0.15, 0.2) is 176 Å². The molecule has 5 heterocycles. The molecule has 1 aliphatic rings. The second kappa shape index (κ2) is 10.9. The zero-order chi connectivity index (χ0) is 36.5. The van der Waals surface area contributed by atoms with Crippen molar-refractivity contribution in [1.82, 2.24) is 23.7 Å². The Morgan fingerprint density at radius 3 is 1.45 bits per heavy atom. The summed E-state index contributed by atoms with van der Waals surface area (Å²) in [6.07, 6.45) is 0. The fourth-order valence-corrected chi connectivity index (χ4v) is 9.42. The number of ether oxygens (including phenoxy) is 1. The van der Waals surface area contributed by atoms with E-state index >= 15 is 0 Å². The lowest BCUT2D eigenvalue weighted by Gasteiger charge is -2.21. The highest BCUT2D eigenvalue weighted by atomic mass is 16.5. The van der Waals surface area contributed by atoms with Crippen LogP contribution in [0.4, 0.5) is 0 Å². The topological polar surface area (TPSA) is 49.8 Å². The first-order valence-corrected chi connectivity index (χ1v) is 18.9. The standard InChI is InChI=1S/C50H29N5O/c1-3-14-30(15-4-1)53-36-22-10-7-18-32(36)44-38(53)26-28-40-47(44)48-41(29-27-39-45(48)33-19-8-11-23-37(33)54(39)31-16-5-2-6-17-31)55(40)50-51-35-21-13-25-43-46(35)49(52-50)34-20-9-12-24-42(34)56-43/h1-29H. The van der Waals surface area contributed by atoms with E-state index in [1.54, 1.807) is 0 Å². The van der Waals surface area contributed by atoms with Crippen LogP contribution in [0.2, 0.25) is 0 Å². The van der Waals surface area contributed by atoms with Gasteiger partial charge in [-0.25, -0.2) is 9.97 Å². The Labute approximate surface area is 319 Å². The number of hydrogen-bond acceptors (Lipinski definition) is 3. The average Bonchev–Trinajstić information content (AvgIpc) is 3.90. The number of benzene rings is 8. The van der Waals surface area contributed by atoms with E-state index in [4.69, 9.17) is 14.7 Å². The molecule has 0 saturated heterocycles. The molecule has 6 nitrogen and oxygen atoms in total. The fourth-order valence-electron chi connectivity index (χ4n) is 9.42. The van der Waals surface area contributed by atoms with Gasteiger partial charge in [0.25, 0.3) is 0 Å². The molecule has 12 aromatic rings. The maximum atomic E-state index is 6.38. The van der Waals surface area contributed by atoms with Gasteiger partial charge in [0.05, 0.1) is 49.7 Å². The molecule has 13 rings (SSSR count). The van der Waals surface area contributed by atoms with Crippen LogP contribution in [0.25, 0.3) is 105 Å². The number of aromatic nitrogens is 5. The first-order valence-electron chi connectivity index (χ1n) is 18.9. The van der Waals surface area contributed by atoms with E-state index in [1.165, 1.54) is 32.3 Å². The van der Waals surface area contributed by atoms with Crippen LogP contribution in [-0.2, 0) is 0 Å². The van der Waals surface area contributed by atoms with Crippen molar-refractivity contribution in [3.63, 3.8) is 0 Å². The molecule has 260 valence electrons. The van der Waals surface area contributed by atoms with Gasteiger partial charge in [0.2, 0.25) is 5.95 Å². The SMILES string of the molecule is c1ccc(-n2c3ccccc3c3c4c5c6c7ccccc7n(-c7ccccc7)c6ccc5n(-c5nc6c7c(cccc7n5)Oc5ccccc5-6)c4ccc32)cc1. The minimum absolute atomic E-state index is 0.624. The summed E-state index contributed by atoms with van der Waals surface area (Å²) in [6.45, 7) is 0. The molecule has 0 atom stereocenters. The van der Waals surface area contributed by atoms with E-state index in [0.717, 1.165) is 78.1 Å². The lowest BCUT2D eigenvalue weighted by molar-refractivity contribution is 0.486. The van der Waals surface area contributed by atoms with Crippen LogP contribution in [-0.4, -0.2) is 23.7 Å². The summed E-state index contributed by atoms with van der Waals surface area (Å²) >= 11 is 0. The van der Waals surface area contributed by atoms with Crippen LogP contribution in [0, 0.1) is 0 Å². The molecule has 0 N–H and O–H groups in total. The van der Waals surface area contributed by atoms with Crippen LogP contribution in [0.3, 0.4) is 0 Å². The predicted molar refractivity (Wildman–Crippen MR) is 228 cm³/mol. The zero-order valence-corrected chi connectivity index (χ0v) is 29.9. The molecule has 0 radical (unpaired) electrons. The van der Waals surface area contributed by atoms with E-state index in [1.807, 2.05) is 30.3 Å². The molecule has 8 aromatic carbocycles. The molecule has 4 aromatic heterocycles. The van der Waals surface area contributed by atoms with Gasteiger partial charge < -0.3 is 13.9 Å². The maximum Gasteiger partial charge on any atom is 0.235 e. The fraction of sp³-hybridized carbons (Fsp3) is 0. The van der Waals surface area contributed by atoms with Crippen LogP contribution < -0.4 is 4.74 Å². The van der Waals surface area contributed by atoms with E-state index in [2.05, 4.69) is 159 Å². The highest BCUT2D eigenvalue weighted by Gasteiger charge is 2.28. The molecule has 0 spiro atoms. The molecule has 0 aliphatic carbocycles. The Morgan fingerprint density at radius 1 is 0.339 bits per heavy atom. The quantitative estimate of drug-likeness (QED) is 0.183. The summed E-state index contributed by atoms with van der Waals surface area (Å²) in [4.78, 5) is 10.8. The Morgan fingerprint density at radius 2 is 0.839 bits per heavy atom. The average molecular weight is 716 g/mol. The molecule has 0 fully saturated rings. The molecule has 0 unspecified atom stereocenters. The Bertz CT molecular complexity index is 3440. The van der Waals surface area contributed by atoms with E-state index in [-0.39, 0.29) is 0 Å². The summed E-state index contributed by atoms with van der Waals surface area (Å²) in [5, 5.41) is 8.10. The Hall–Kier alpha value is -7.70. The second-order valence-corrected chi connectivity index (χ2v) is 14.5. The number of hydrogen-bond donors (Lipinski definition) is 0. The van der Waals surface area contributed by atoms with E-state index in [9.17, 15) is 0 Å². The minimum Gasteiger partial charge on any atom is -0.456 e. The lowest BCUT2D eigenvalue weighted by atomic mass is 10.0. The Balaban J connectivity index is 1.26. The highest BCUT2D eigenvalue weighted by molar-refractivity contribution is 6.36. The van der Waals surface area contributed by atoms with Crippen molar-refractivity contribution in [2.24, 2.45) is 0 Å². The third-order valence-electron chi connectivity index (χ3n) is 11.6. The van der Waals surface area contributed by atoms with Crippen LogP contribution in [0.1, 0.15) is 0 Å². The summed E-state index contributed by atoms with van der Waals surface area (Å²) in [5.41, 5.74) is 11.7. The van der Waals surface area contributed by atoms with Gasteiger partial charge in [-0.1, -0.05) is 91.0 Å². The molecule has 56 heavy (non-hydrogen) atoms. The number of fused-ring (bicyclic) bond motifs is 13. The molecule has 6 heteroatoms. The maximum absolute atomic E-state index is 6.38. The van der Waals surface area contributed by atoms with E-state index in [0.29, 0.717) is 5.95 Å². The van der Waals surface area contributed by atoms with Crippen molar-refractivity contribution in [1.29, 1.82) is 0 Å². The summed E-state index contributed by atoms with van der Waals surface area (Å²) in [6, 6.07) is 62.3. The van der Waals surface area contributed by atoms with Crippen molar-refractivity contribution in [3.8, 4) is 40.1 Å². The van der Waals surface area contributed by atoms with Gasteiger partial charge in [-0.05, 0) is 84.9 Å². The van der Waals surface area contributed by atoms with Gasteiger partial charge in [-0.2, -0.15) is 0 Å². The summed E-state index contributed by atoms with van der Waals surface area (Å²) < 4.78 is 13.5. The van der Waals surface area contributed by atoms with Gasteiger partial charge in [0, 0.05) is 49.3 Å². The first kappa shape index (κ1) is 29.7. The van der Waals surface area contributed by atoms with Crippen molar-refractivity contribution in [2.45, 2.75) is 0 Å². The molecule has 0 saturated carbocycles. The van der Waals surface area contributed by atoms with Gasteiger partial charge in [0.15, 0.2) is 0 Å². The normalized spacial score (nSPS) is 12.4. The van der Waals surface area contributed by atoms with E-state index < -0.39 is 0 Å². The second-order valence-electron chi connectivity index (χ2n) is 14.5. The molecular formula is C50H29N5O. The third kappa shape index (κ3) is 3.84. The van der Waals surface area contributed by atoms with Crippen molar-refractivity contribution >= 4 is 76.3 Å². The van der Waals surface area contributed by atoms with Gasteiger partial charge in [-0.15, -0.1) is 0 Å². The predicted octanol–water partition coefficient (Wildman–Crippen LogP) is 12.7. The number of nitrogens with zero attached hydrogens (tertiary/aromatic N) is 5. The summed E-state index contributed by atoms with van der Waals surface area (Å²) in [7, 11) is 0. The minimum atomic E-state index is 0.624.